The van der Waals surface area contributed by atoms with Crippen LogP contribution >= 0.6 is 11.8 Å². The molecule has 0 spiro atoms. The maximum Gasteiger partial charge on any atom is 0.172 e. The molecular formula is C12H12N4O2S. The van der Waals surface area contributed by atoms with Crippen molar-refractivity contribution in [1.82, 2.24) is 10.2 Å². The first-order valence-corrected chi connectivity index (χ1v) is 6.17. The fourth-order valence-corrected chi connectivity index (χ4v) is 2.26. The summed E-state index contributed by atoms with van der Waals surface area (Å²) in [6, 6.07) is 9.14. The molecule has 0 aliphatic rings. The van der Waals surface area contributed by atoms with E-state index in [1.54, 1.807) is 13.2 Å². The van der Waals surface area contributed by atoms with E-state index in [0.29, 0.717) is 10.6 Å². The van der Waals surface area contributed by atoms with Gasteiger partial charge in [0.25, 0.3) is 0 Å². The highest BCUT2D eigenvalue weighted by Crippen LogP contribution is 2.29. The Kier molecular flexibility index (Phi) is 4.19. The lowest BCUT2D eigenvalue weighted by Crippen LogP contribution is -2.15. The predicted molar refractivity (Wildman–Crippen MR) is 71.7 cm³/mol. The van der Waals surface area contributed by atoms with Crippen LogP contribution in [0.5, 0.6) is 5.75 Å². The molecule has 19 heavy (non-hydrogen) atoms. The van der Waals surface area contributed by atoms with Gasteiger partial charge in [-0.2, -0.15) is 5.10 Å². The van der Waals surface area contributed by atoms with E-state index in [9.17, 15) is 0 Å². The molecule has 0 saturated heterocycles. The van der Waals surface area contributed by atoms with Crippen molar-refractivity contribution in [2.75, 3.05) is 7.11 Å². The van der Waals surface area contributed by atoms with Crippen LogP contribution in [0.15, 0.2) is 51.6 Å². The minimum Gasteiger partial charge on any atom is -0.497 e. The van der Waals surface area contributed by atoms with Crippen LogP contribution in [0.25, 0.3) is 0 Å². The normalized spacial score (nSPS) is 11.3. The Labute approximate surface area is 114 Å². The summed E-state index contributed by atoms with van der Waals surface area (Å²) in [6.07, 6.45) is 1.49. The third-order valence-corrected chi connectivity index (χ3v) is 3.35. The van der Waals surface area contributed by atoms with E-state index >= 15 is 0 Å². The zero-order valence-electron chi connectivity index (χ0n) is 10.1. The Balaban J connectivity index is 2.27. The van der Waals surface area contributed by atoms with Crippen LogP contribution in [0.2, 0.25) is 0 Å². The highest BCUT2D eigenvalue weighted by Gasteiger charge is 2.10. The van der Waals surface area contributed by atoms with E-state index in [1.807, 2.05) is 24.3 Å². The average molecular weight is 276 g/mol. The number of amidine groups is 1. The molecule has 3 N–H and O–H groups in total. The van der Waals surface area contributed by atoms with E-state index in [2.05, 4.69) is 15.4 Å². The molecule has 98 valence electrons. The Morgan fingerprint density at radius 1 is 1.32 bits per heavy atom. The van der Waals surface area contributed by atoms with Gasteiger partial charge in [-0.3, -0.25) is 0 Å². The Morgan fingerprint density at radius 3 is 2.68 bits per heavy atom. The molecule has 1 aromatic heterocycles. The maximum absolute atomic E-state index is 8.74. The SMILES string of the molecule is COc1ccc(Sc2nnccc2C(N)=NO)cc1. The van der Waals surface area contributed by atoms with Crippen LogP contribution in [-0.2, 0) is 0 Å². The molecule has 0 amide bonds. The van der Waals surface area contributed by atoms with Crippen LogP contribution < -0.4 is 10.5 Å². The predicted octanol–water partition coefficient (Wildman–Crippen LogP) is 1.73. The monoisotopic (exact) mass is 276 g/mol. The van der Waals surface area contributed by atoms with Crippen molar-refractivity contribution in [3.63, 3.8) is 0 Å². The van der Waals surface area contributed by atoms with Gasteiger partial charge in [0.2, 0.25) is 0 Å². The Bertz CT molecular complexity index is 587. The third kappa shape index (κ3) is 3.14. The summed E-state index contributed by atoms with van der Waals surface area (Å²) in [5.41, 5.74) is 6.13. The molecule has 0 fully saturated rings. The van der Waals surface area contributed by atoms with Gasteiger partial charge in [0.15, 0.2) is 5.84 Å². The van der Waals surface area contributed by atoms with Crippen molar-refractivity contribution < 1.29 is 9.94 Å². The molecule has 7 heteroatoms. The van der Waals surface area contributed by atoms with Crippen molar-refractivity contribution in [3.05, 3.63) is 42.1 Å². The summed E-state index contributed by atoms with van der Waals surface area (Å²) in [5.74, 6) is 0.783. The van der Waals surface area contributed by atoms with Crippen molar-refractivity contribution in [2.24, 2.45) is 10.9 Å². The molecule has 0 atom stereocenters. The molecule has 6 nitrogen and oxygen atoms in total. The highest BCUT2D eigenvalue weighted by molar-refractivity contribution is 7.99. The van der Waals surface area contributed by atoms with Gasteiger partial charge in [-0.05, 0) is 30.3 Å². The van der Waals surface area contributed by atoms with Gasteiger partial charge in [0.1, 0.15) is 10.8 Å². The summed E-state index contributed by atoms with van der Waals surface area (Å²) in [7, 11) is 1.61. The Hall–Kier alpha value is -2.28. The van der Waals surface area contributed by atoms with Crippen LogP contribution in [-0.4, -0.2) is 28.4 Å². The third-order valence-electron chi connectivity index (χ3n) is 2.34. The van der Waals surface area contributed by atoms with Crippen LogP contribution in [0, 0.1) is 0 Å². The van der Waals surface area contributed by atoms with Crippen LogP contribution in [0.3, 0.4) is 0 Å². The molecule has 1 aromatic carbocycles. The fourth-order valence-electron chi connectivity index (χ4n) is 1.40. The van der Waals surface area contributed by atoms with E-state index in [0.717, 1.165) is 10.6 Å². The van der Waals surface area contributed by atoms with Gasteiger partial charge in [-0.15, -0.1) is 5.10 Å². The number of benzene rings is 1. The number of ether oxygens (including phenoxy) is 1. The maximum atomic E-state index is 8.74. The van der Waals surface area contributed by atoms with Gasteiger partial charge >= 0.3 is 0 Å². The number of hydrogen-bond acceptors (Lipinski definition) is 6. The van der Waals surface area contributed by atoms with E-state index in [-0.39, 0.29) is 5.84 Å². The molecule has 0 radical (unpaired) electrons. The summed E-state index contributed by atoms with van der Waals surface area (Å²) in [5, 5.41) is 20.1. The minimum absolute atomic E-state index is 0.00547. The van der Waals surface area contributed by atoms with Crippen LogP contribution in [0.4, 0.5) is 0 Å². The number of methoxy groups -OCH3 is 1. The lowest BCUT2D eigenvalue weighted by molar-refractivity contribution is 0.318. The van der Waals surface area contributed by atoms with Gasteiger partial charge < -0.3 is 15.7 Å². The smallest absolute Gasteiger partial charge is 0.172 e. The molecule has 0 bridgehead atoms. The molecular weight excluding hydrogens is 264 g/mol. The first-order valence-electron chi connectivity index (χ1n) is 5.36. The molecule has 0 aliphatic heterocycles. The van der Waals surface area contributed by atoms with E-state index in [4.69, 9.17) is 15.7 Å². The van der Waals surface area contributed by atoms with Crippen molar-refractivity contribution in [2.45, 2.75) is 9.92 Å². The van der Waals surface area contributed by atoms with E-state index < -0.39 is 0 Å². The number of hydrogen-bond donors (Lipinski definition) is 2. The second kappa shape index (κ2) is 6.05. The standard InChI is InChI=1S/C12H12N4O2S/c1-18-8-2-4-9(5-3-8)19-12-10(11(13)16-17)6-7-14-15-12/h2-7,17H,1H3,(H2,13,16). The summed E-state index contributed by atoms with van der Waals surface area (Å²) >= 11 is 1.38. The quantitative estimate of drug-likeness (QED) is 0.382. The van der Waals surface area contributed by atoms with Crippen molar-refractivity contribution in [3.8, 4) is 5.75 Å². The number of oxime groups is 1. The number of rotatable bonds is 4. The number of nitrogens with zero attached hydrogens (tertiary/aromatic N) is 3. The Morgan fingerprint density at radius 2 is 2.05 bits per heavy atom. The summed E-state index contributed by atoms with van der Waals surface area (Å²) in [4.78, 5) is 0.952. The van der Waals surface area contributed by atoms with Crippen molar-refractivity contribution >= 4 is 17.6 Å². The second-order valence-electron chi connectivity index (χ2n) is 3.51. The average Bonchev–Trinajstić information content (AvgIpc) is 2.48. The fraction of sp³-hybridized carbons (Fsp3) is 0.0833. The largest absolute Gasteiger partial charge is 0.497 e. The molecule has 1 heterocycles. The number of nitrogens with two attached hydrogens (primary N) is 1. The molecule has 0 saturated carbocycles. The van der Waals surface area contributed by atoms with E-state index in [1.165, 1.54) is 18.0 Å². The topological polar surface area (TPSA) is 93.6 Å². The molecule has 0 aliphatic carbocycles. The van der Waals surface area contributed by atoms with Gasteiger partial charge in [0.05, 0.1) is 18.9 Å². The summed E-state index contributed by atoms with van der Waals surface area (Å²) in [6.45, 7) is 0. The second-order valence-corrected chi connectivity index (χ2v) is 4.58. The molecule has 0 unspecified atom stereocenters. The molecule has 2 rings (SSSR count). The highest BCUT2D eigenvalue weighted by atomic mass is 32.2. The first-order chi connectivity index (χ1) is 9.24. The summed E-state index contributed by atoms with van der Waals surface area (Å²) < 4.78 is 5.09. The lowest BCUT2D eigenvalue weighted by atomic mass is 10.3. The van der Waals surface area contributed by atoms with Gasteiger partial charge in [0, 0.05) is 4.90 Å². The minimum atomic E-state index is 0.00547. The van der Waals surface area contributed by atoms with Gasteiger partial charge in [-0.25, -0.2) is 0 Å². The number of aromatic nitrogens is 2. The molecule has 2 aromatic rings. The lowest BCUT2D eigenvalue weighted by Gasteiger charge is -2.06. The zero-order chi connectivity index (χ0) is 13.7. The van der Waals surface area contributed by atoms with Crippen LogP contribution in [0.1, 0.15) is 5.56 Å². The first kappa shape index (κ1) is 13.2. The van der Waals surface area contributed by atoms with Crippen molar-refractivity contribution in [1.29, 1.82) is 0 Å². The van der Waals surface area contributed by atoms with Gasteiger partial charge in [-0.1, -0.05) is 16.9 Å². The zero-order valence-corrected chi connectivity index (χ0v) is 11.0.